The van der Waals surface area contributed by atoms with Crippen LogP contribution in [-0.4, -0.2) is 80.2 Å². The molecule has 5 rings (SSSR count). The summed E-state index contributed by atoms with van der Waals surface area (Å²) in [5.74, 6) is -0.623. The molecular weight excluding hydrogens is 476 g/mol. The van der Waals surface area contributed by atoms with Crippen LogP contribution in [0.5, 0.6) is 11.5 Å². The standard InChI is InChI=1S/C28H30N2O7/c1-34-21-9-8-19(17-22(21)35-2)25-24(26(31)23-16-18-6-3-4-7-20(18)37-23)27(32)28(33)30(25)11-5-10-29-12-14-36-15-13-29/h3-4,6-9,16-17,25,32H,5,10-15H2,1-2H3/t25-/m1/s1. The SMILES string of the molecule is COc1ccc([C@@H]2C(C(=O)c3cc4ccccc4o3)=C(O)C(=O)N2CCCN2CCOCC2)cc1OC. The van der Waals surface area contributed by atoms with Crippen LogP contribution in [-0.2, 0) is 9.53 Å². The zero-order valence-corrected chi connectivity index (χ0v) is 20.9. The Hall–Kier alpha value is -3.82. The van der Waals surface area contributed by atoms with E-state index in [0.717, 1.165) is 25.0 Å². The molecule has 194 valence electrons. The zero-order valence-electron chi connectivity index (χ0n) is 20.9. The Bertz CT molecular complexity index is 1310. The first-order chi connectivity index (χ1) is 18.0. The van der Waals surface area contributed by atoms with Crippen molar-refractivity contribution in [2.24, 2.45) is 0 Å². The third-order valence-electron chi connectivity index (χ3n) is 6.90. The molecule has 0 unspecified atom stereocenters. The second-order valence-corrected chi connectivity index (χ2v) is 9.06. The summed E-state index contributed by atoms with van der Waals surface area (Å²) in [5, 5.41) is 11.7. The van der Waals surface area contributed by atoms with Gasteiger partial charge < -0.3 is 28.6 Å². The summed E-state index contributed by atoms with van der Waals surface area (Å²) in [6, 6.07) is 13.3. The number of aliphatic hydroxyl groups excluding tert-OH is 1. The van der Waals surface area contributed by atoms with Gasteiger partial charge in [0, 0.05) is 31.6 Å². The fraction of sp³-hybridized carbons (Fsp3) is 0.357. The Morgan fingerprint density at radius 1 is 1.03 bits per heavy atom. The monoisotopic (exact) mass is 506 g/mol. The van der Waals surface area contributed by atoms with E-state index in [1.165, 1.54) is 14.2 Å². The fourth-order valence-corrected chi connectivity index (χ4v) is 5.00. The van der Waals surface area contributed by atoms with Gasteiger partial charge >= 0.3 is 0 Å². The van der Waals surface area contributed by atoms with Crippen LogP contribution in [0.15, 0.2) is 64.3 Å². The van der Waals surface area contributed by atoms with Crippen molar-refractivity contribution in [2.75, 3.05) is 53.6 Å². The molecule has 3 aromatic rings. The van der Waals surface area contributed by atoms with Crippen LogP contribution in [0.2, 0.25) is 0 Å². The number of amides is 1. The lowest BCUT2D eigenvalue weighted by atomic mass is 9.94. The van der Waals surface area contributed by atoms with Gasteiger partial charge in [-0.05, 0) is 36.2 Å². The second kappa shape index (κ2) is 10.7. The minimum absolute atomic E-state index is 0.0114. The van der Waals surface area contributed by atoms with Crippen molar-refractivity contribution in [1.29, 1.82) is 0 Å². The van der Waals surface area contributed by atoms with Gasteiger partial charge in [0.1, 0.15) is 5.58 Å². The number of morpholine rings is 1. The number of aliphatic hydroxyl groups is 1. The molecule has 0 aliphatic carbocycles. The Balaban J connectivity index is 1.49. The Kier molecular flexibility index (Phi) is 7.16. The van der Waals surface area contributed by atoms with Gasteiger partial charge in [0.15, 0.2) is 23.0 Å². The summed E-state index contributed by atoms with van der Waals surface area (Å²) in [6.45, 7) is 4.19. The highest BCUT2D eigenvalue weighted by molar-refractivity contribution is 6.16. The number of carbonyl (C=O) groups excluding carboxylic acids is 2. The minimum Gasteiger partial charge on any atom is -0.503 e. The maximum absolute atomic E-state index is 13.7. The summed E-state index contributed by atoms with van der Waals surface area (Å²) in [7, 11) is 3.06. The molecule has 9 heteroatoms. The van der Waals surface area contributed by atoms with Gasteiger partial charge in [0.2, 0.25) is 5.78 Å². The van der Waals surface area contributed by atoms with Gasteiger partial charge in [-0.15, -0.1) is 0 Å². The number of hydrogen-bond donors (Lipinski definition) is 1. The van der Waals surface area contributed by atoms with Crippen LogP contribution in [0.1, 0.15) is 28.6 Å². The molecule has 0 saturated carbocycles. The smallest absolute Gasteiger partial charge is 0.290 e. The fourth-order valence-electron chi connectivity index (χ4n) is 5.00. The first kappa shape index (κ1) is 24.9. The predicted octanol–water partition coefficient (Wildman–Crippen LogP) is 3.75. The first-order valence-corrected chi connectivity index (χ1v) is 12.3. The quantitative estimate of drug-likeness (QED) is 0.438. The number of ether oxygens (including phenoxy) is 3. The molecular formula is C28H30N2O7. The number of para-hydroxylation sites is 1. The van der Waals surface area contributed by atoms with Gasteiger partial charge in [-0.1, -0.05) is 24.3 Å². The van der Waals surface area contributed by atoms with Crippen molar-refractivity contribution in [3.8, 4) is 11.5 Å². The molecule has 37 heavy (non-hydrogen) atoms. The number of benzene rings is 2. The van der Waals surface area contributed by atoms with E-state index in [1.807, 2.05) is 18.2 Å². The van der Waals surface area contributed by atoms with Crippen LogP contribution in [0.25, 0.3) is 11.0 Å². The molecule has 9 nitrogen and oxygen atoms in total. The molecule has 2 aliphatic heterocycles. The summed E-state index contributed by atoms with van der Waals surface area (Å²) >= 11 is 0. The lowest BCUT2D eigenvalue weighted by Gasteiger charge is -2.30. The highest BCUT2D eigenvalue weighted by Gasteiger charge is 2.44. The Morgan fingerprint density at radius 2 is 1.78 bits per heavy atom. The van der Waals surface area contributed by atoms with Crippen molar-refractivity contribution >= 4 is 22.7 Å². The molecule has 0 radical (unpaired) electrons. The van der Waals surface area contributed by atoms with Crippen LogP contribution in [0.4, 0.5) is 0 Å². The molecule has 1 atom stereocenters. The van der Waals surface area contributed by atoms with Crippen molar-refractivity contribution in [3.05, 3.63) is 71.2 Å². The maximum Gasteiger partial charge on any atom is 0.290 e. The number of nitrogens with zero attached hydrogens (tertiary/aromatic N) is 2. The van der Waals surface area contributed by atoms with Gasteiger partial charge in [-0.2, -0.15) is 0 Å². The van der Waals surface area contributed by atoms with E-state index >= 15 is 0 Å². The summed E-state index contributed by atoms with van der Waals surface area (Å²) in [4.78, 5) is 30.9. The average Bonchev–Trinajstić information content (AvgIpc) is 3.48. The molecule has 1 aromatic heterocycles. The molecule has 3 heterocycles. The Morgan fingerprint density at radius 3 is 2.51 bits per heavy atom. The molecule has 1 fully saturated rings. The highest BCUT2D eigenvalue weighted by atomic mass is 16.5. The normalized spacial score (nSPS) is 18.6. The van der Waals surface area contributed by atoms with E-state index in [2.05, 4.69) is 4.90 Å². The molecule has 2 aromatic carbocycles. The van der Waals surface area contributed by atoms with Gasteiger partial charge in [0.25, 0.3) is 5.91 Å². The number of carbonyl (C=O) groups is 2. The van der Waals surface area contributed by atoms with E-state index in [4.69, 9.17) is 18.6 Å². The van der Waals surface area contributed by atoms with Crippen molar-refractivity contribution < 1.29 is 33.3 Å². The summed E-state index contributed by atoms with van der Waals surface area (Å²) in [5.41, 5.74) is 1.17. The van der Waals surface area contributed by atoms with Gasteiger partial charge in [0.05, 0.1) is 39.0 Å². The average molecular weight is 507 g/mol. The maximum atomic E-state index is 13.7. The highest BCUT2D eigenvalue weighted by Crippen LogP contribution is 2.42. The molecule has 1 saturated heterocycles. The lowest BCUT2D eigenvalue weighted by Crippen LogP contribution is -2.39. The van der Waals surface area contributed by atoms with Crippen molar-refractivity contribution in [2.45, 2.75) is 12.5 Å². The predicted molar refractivity (Wildman–Crippen MR) is 136 cm³/mol. The Labute approximate surface area is 214 Å². The number of furan rings is 1. The van der Waals surface area contributed by atoms with E-state index in [1.54, 1.807) is 35.2 Å². The van der Waals surface area contributed by atoms with E-state index in [-0.39, 0.29) is 11.3 Å². The third-order valence-corrected chi connectivity index (χ3v) is 6.90. The van der Waals surface area contributed by atoms with Crippen LogP contribution in [0.3, 0.4) is 0 Å². The summed E-state index contributed by atoms with van der Waals surface area (Å²) in [6.07, 6.45) is 0.676. The number of Topliss-reactive ketones (excluding diaryl/α,β-unsaturated/α-hetero) is 1. The van der Waals surface area contributed by atoms with Crippen LogP contribution >= 0.6 is 0 Å². The number of ketones is 1. The molecule has 0 bridgehead atoms. The van der Waals surface area contributed by atoms with Crippen LogP contribution < -0.4 is 9.47 Å². The summed E-state index contributed by atoms with van der Waals surface area (Å²) < 4.78 is 22.1. The second-order valence-electron chi connectivity index (χ2n) is 9.06. The molecule has 1 N–H and O–H groups in total. The number of methoxy groups -OCH3 is 2. The third kappa shape index (κ3) is 4.80. The molecule has 2 aliphatic rings. The lowest BCUT2D eigenvalue weighted by molar-refractivity contribution is -0.129. The van der Waals surface area contributed by atoms with Crippen molar-refractivity contribution in [3.63, 3.8) is 0 Å². The largest absolute Gasteiger partial charge is 0.503 e. The van der Waals surface area contributed by atoms with Gasteiger partial charge in [-0.3, -0.25) is 14.5 Å². The van der Waals surface area contributed by atoms with E-state index < -0.39 is 23.5 Å². The minimum atomic E-state index is -0.808. The van der Waals surface area contributed by atoms with Crippen LogP contribution in [0, 0.1) is 0 Å². The molecule has 1 amide bonds. The number of rotatable bonds is 9. The van der Waals surface area contributed by atoms with E-state index in [0.29, 0.717) is 48.8 Å². The van der Waals surface area contributed by atoms with E-state index in [9.17, 15) is 14.7 Å². The van der Waals surface area contributed by atoms with Crippen molar-refractivity contribution in [1.82, 2.24) is 9.80 Å². The molecule has 0 spiro atoms. The number of hydrogen-bond acceptors (Lipinski definition) is 8. The topological polar surface area (TPSA) is 102 Å². The zero-order chi connectivity index (χ0) is 25.9. The first-order valence-electron chi connectivity index (χ1n) is 12.3. The number of fused-ring (bicyclic) bond motifs is 1. The van der Waals surface area contributed by atoms with Gasteiger partial charge in [-0.25, -0.2) is 0 Å².